The Bertz CT molecular complexity index is 480. The molecule has 6 heteroatoms. The van der Waals surface area contributed by atoms with Gasteiger partial charge in [-0.25, -0.2) is 0 Å². The largest absolute Gasteiger partial charge is 0.394 e. The second-order valence-corrected chi connectivity index (χ2v) is 4.28. The molecule has 96 valence electrons. The summed E-state index contributed by atoms with van der Waals surface area (Å²) in [6.07, 6.45) is 0. The van der Waals surface area contributed by atoms with Crippen molar-refractivity contribution in [2.75, 3.05) is 11.9 Å². The average molecular weight is 249 g/mol. The molecule has 0 aliphatic rings. The first kappa shape index (κ1) is 13.9. The van der Waals surface area contributed by atoms with Crippen molar-refractivity contribution in [3.8, 4) is 6.07 Å². The molecule has 2 N–H and O–H groups in total. The Morgan fingerprint density at radius 1 is 1.56 bits per heavy atom. The molecule has 1 aromatic rings. The van der Waals surface area contributed by atoms with Crippen LogP contribution in [0.5, 0.6) is 0 Å². The number of nitriles is 1. The van der Waals surface area contributed by atoms with Gasteiger partial charge in [0.2, 0.25) is 0 Å². The lowest BCUT2D eigenvalue weighted by atomic mass is 10.0. The van der Waals surface area contributed by atoms with Crippen LogP contribution in [-0.4, -0.2) is 22.7 Å². The number of aliphatic hydroxyl groups excluding tert-OH is 1. The number of nitrogens with zero attached hydrogens (tertiary/aromatic N) is 2. The highest BCUT2D eigenvalue weighted by molar-refractivity contribution is 5.59. The van der Waals surface area contributed by atoms with Crippen LogP contribution < -0.4 is 5.32 Å². The van der Waals surface area contributed by atoms with E-state index >= 15 is 0 Å². The highest BCUT2D eigenvalue weighted by Gasteiger charge is 2.16. The minimum absolute atomic E-state index is 0.00504. The first-order valence-corrected chi connectivity index (χ1v) is 5.55. The highest BCUT2D eigenvalue weighted by atomic mass is 16.6. The molecular weight excluding hydrogens is 234 g/mol. The van der Waals surface area contributed by atoms with E-state index in [0.717, 1.165) is 0 Å². The molecule has 18 heavy (non-hydrogen) atoms. The van der Waals surface area contributed by atoms with Gasteiger partial charge in [-0.3, -0.25) is 10.1 Å². The number of anilines is 1. The lowest BCUT2D eigenvalue weighted by molar-refractivity contribution is -0.385. The van der Waals surface area contributed by atoms with Gasteiger partial charge in [0.25, 0.3) is 5.69 Å². The third-order valence-electron chi connectivity index (χ3n) is 2.67. The Labute approximate surface area is 105 Å². The van der Waals surface area contributed by atoms with Gasteiger partial charge < -0.3 is 10.4 Å². The summed E-state index contributed by atoms with van der Waals surface area (Å²) in [5.74, 6) is 0.204. The maximum Gasteiger partial charge on any atom is 0.287 e. The molecule has 0 saturated carbocycles. The number of nitro groups is 1. The first-order valence-electron chi connectivity index (χ1n) is 5.55. The summed E-state index contributed by atoms with van der Waals surface area (Å²) in [5.41, 5.74) is 0.378. The van der Waals surface area contributed by atoms with Crippen LogP contribution in [0.15, 0.2) is 18.2 Å². The van der Waals surface area contributed by atoms with Gasteiger partial charge in [-0.15, -0.1) is 0 Å². The van der Waals surface area contributed by atoms with E-state index in [-0.39, 0.29) is 29.8 Å². The molecular formula is C12H15N3O3. The van der Waals surface area contributed by atoms with E-state index < -0.39 is 4.92 Å². The van der Waals surface area contributed by atoms with E-state index in [2.05, 4.69) is 5.32 Å². The van der Waals surface area contributed by atoms with Crippen molar-refractivity contribution < 1.29 is 10.0 Å². The maximum absolute atomic E-state index is 10.7. The molecule has 0 aliphatic heterocycles. The summed E-state index contributed by atoms with van der Waals surface area (Å²) in [6, 6.07) is 5.88. The molecule has 1 aromatic carbocycles. The lowest BCUT2D eigenvalue weighted by Crippen LogP contribution is -2.29. The van der Waals surface area contributed by atoms with E-state index in [1.807, 2.05) is 13.8 Å². The fourth-order valence-electron chi connectivity index (χ4n) is 1.51. The van der Waals surface area contributed by atoms with Crippen molar-refractivity contribution in [1.29, 1.82) is 5.26 Å². The smallest absolute Gasteiger partial charge is 0.287 e. The molecule has 0 fully saturated rings. The Hall–Kier alpha value is -2.13. The molecule has 1 rings (SSSR count). The van der Waals surface area contributed by atoms with Crippen molar-refractivity contribution in [2.45, 2.75) is 19.9 Å². The second-order valence-electron chi connectivity index (χ2n) is 4.28. The average Bonchev–Trinajstić information content (AvgIpc) is 2.34. The van der Waals surface area contributed by atoms with Crippen LogP contribution in [0.25, 0.3) is 0 Å². The zero-order valence-electron chi connectivity index (χ0n) is 10.3. The normalized spacial score (nSPS) is 11.9. The topological polar surface area (TPSA) is 99.2 Å². The van der Waals surface area contributed by atoms with Crippen LogP contribution in [0.4, 0.5) is 11.4 Å². The van der Waals surface area contributed by atoms with Crippen molar-refractivity contribution in [2.24, 2.45) is 5.92 Å². The number of nitro benzene ring substituents is 1. The van der Waals surface area contributed by atoms with Gasteiger partial charge in [-0.05, 0) is 18.1 Å². The zero-order chi connectivity index (χ0) is 13.7. The predicted octanol–water partition coefficient (Wildman–Crippen LogP) is 1.90. The summed E-state index contributed by atoms with van der Waals surface area (Å²) >= 11 is 0. The monoisotopic (exact) mass is 249 g/mol. The third-order valence-corrected chi connectivity index (χ3v) is 2.67. The third kappa shape index (κ3) is 3.18. The molecule has 1 atom stereocenters. The molecule has 0 amide bonds. The van der Waals surface area contributed by atoms with Crippen LogP contribution in [0.2, 0.25) is 0 Å². The van der Waals surface area contributed by atoms with Gasteiger partial charge in [0.15, 0.2) is 0 Å². The number of rotatable bonds is 5. The van der Waals surface area contributed by atoms with Crippen molar-refractivity contribution in [3.05, 3.63) is 33.9 Å². The summed E-state index contributed by atoms with van der Waals surface area (Å²) in [7, 11) is 0. The number of hydrogen-bond donors (Lipinski definition) is 2. The van der Waals surface area contributed by atoms with Gasteiger partial charge >= 0.3 is 0 Å². The Kier molecular flexibility index (Phi) is 4.63. The van der Waals surface area contributed by atoms with Crippen molar-refractivity contribution in [1.82, 2.24) is 0 Å². The molecule has 0 bridgehead atoms. The SMILES string of the molecule is CC(C)C(CO)Nc1ccc([N+](=O)[O-])c(C#N)c1. The van der Waals surface area contributed by atoms with E-state index in [1.165, 1.54) is 18.2 Å². The van der Waals surface area contributed by atoms with E-state index in [9.17, 15) is 15.2 Å². The maximum atomic E-state index is 10.7. The number of aliphatic hydroxyl groups is 1. The minimum atomic E-state index is -0.589. The molecule has 0 saturated heterocycles. The van der Waals surface area contributed by atoms with Gasteiger partial charge in [0.05, 0.1) is 17.6 Å². The second kappa shape index (κ2) is 5.98. The quantitative estimate of drug-likeness (QED) is 0.613. The molecule has 6 nitrogen and oxygen atoms in total. The molecule has 0 aromatic heterocycles. The van der Waals surface area contributed by atoms with E-state index in [1.54, 1.807) is 6.07 Å². The van der Waals surface area contributed by atoms with Crippen LogP contribution in [0.3, 0.4) is 0 Å². The fourth-order valence-corrected chi connectivity index (χ4v) is 1.51. The van der Waals surface area contributed by atoms with Crippen LogP contribution in [-0.2, 0) is 0 Å². The lowest BCUT2D eigenvalue weighted by Gasteiger charge is -2.21. The number of nitrogens with one attached hydrogen (secondary N) is 1. The fraction of sp³-hybridized carbons (Fsp3) is 0.417. The highest BCUT2D eigenvalue weighted by Crippen LogP contribution is 2.23. The number of benzene rings is 1. The van der Waals surface area contributed by atoms with Crippen LogP contribution in [0, 0.1) is 27.4 Å². The molecule has 0 spiro atoms. The molecule has 0 radical (unpaired) electrons. The van der Waals surface area contributed by atoms with Crippen LogP contribution in [0.1, 0.15) is 19.4 Å². The first-order chi connectivity index (χ1) is 8.49. The molecule has 0 heterocycles. The van der Waals surface area contributed by atoms with Crippen LogP contribution >= 0.6 is 0 Å². The molecule has 1 unspecified atom stereocenters. The number of hydrogen-bond acceptors (Lipinski definition) is 5. The summed E-state index contributed by atoms with van der Waals surface area (Å²) in [4.78, 5) is 10.1. The summed E-state index contributed by atoms with van der Waals surface area (Å²) in [6.45, 7) is 3.85. The van der Waals surface area contributed by atoms with Gasteiger partial charge in [-0.1, -0.05) is 13.8 Å². The van der Waals surface area contributed by atoms with Gasteiger partial charge in [-0.2, -0.15) is 5.26 Å². The Balaban J connectivity index is 3.00. The van der Waals surface area contributed by atoms with Gasteiger partial charge in [0.1, 0.15) is 11.6 Å². The Morgan fingerprint density at radius 3 is 2.67 bits per heavy atom. The summed E-state index contributed by atoms with van der Waals surface area (Å²) in [5, 5.41) is 31.8. The molecule has 0 aliphatic carbocycles. The van der Waals surface area contributed by atoms with E-state index in [4.69, 9.17) is 5.26 Å². The van der Waals surface area contributed by atoms with Crippen molar-refractivity contribution >= 4 is 11.4 Å². The van der Waals surface area contributed by atoms with Crippen molar-refractivity contribution in [3.63, 3.8) is 0 Å². The zero-order valence-corrected chi connectivity index (χ0v) is 10.3. The Morgan fingerprint density at radius 2 is 2.22 bits per heavy atom. The minimum Gasteiger partial charge on any atom is -0.394 e. The van der Waals surface area contributed by atoms with E-state index in [0.29, 0.717) is 5.69 Å². The standard InChI is InChI=1S/C12H15N3O3/c1-8(2)11(7-16)14-10-3-4-12(15(17)18)9(5-10)6-13/h3-5,8,11,14,16H,7H2,1-2H3. The van der Waals surface area contributed by atoms with Gasteiger partial charge in [0, 0.05) is 11.8 Å². The predicted molar refractivity (Wildman–Crippen MR) is 67.1 cm³/mol. The summed E-state index contributed by atoms with van der Waals surface area (Å²) < 4.78 is 0.